The summed E-state index contributed by atoms with van der Waals surface area (Å²) >= 11 is 1.55. The second kappa shape index (κ2) is 6.95. The Bertz CT molecular complexity index is 729. The van der Waals surface area contributed by atoms with Crippen molar-refractivity contribution in [3.8, 4) is 16.2 Å². The molecule has 0 saturated heterocycles. The molecule has 1 N–H and O–H groups in total. The van der Waals surface area contributed by atoms with E-state index in [1.165, 1.54) is 0 Å². The highest BCUT2D eigenvalue weighted by atomic mass is 32.1. The Balaban J connectivity index is 1.75. The molecule has 1 aromatic carbocycles. The molecule has 2 heterocycles. The van der Waals surface area contributed by atoms with Crippen LogP contribution in [-0.4, -0.2) is 37.5 Å². The topological polar surface area (TPSA) is 41.6 Å². The molecule has 1 atom stereocenters. The van der Waals surface area contributed by atoms with Gasteiger partial charge in [0.25, 0.3) is 5.91 Å². The third-order valence-electron chi connectivity index (χ3n) is 4.45. The van der Waals surface area contributed by atoms with Gasteiger partial charge in [-0.1, -0.05) is 26.0 Å². The molecular weight excluding hydrogens is 320 g/mol. The largest absolute Gasteiger partial charge is 0.488 e. The highest BCUT2D eigenvalue weighted by Gasteiger charge is 2.23. The third kappa shape index (κ3) is 3.32. The Labute approximate surface area is 147 Å². The summed E-state index contributed by atoms with van der Waals surface area (Å²) in [5.41, 5.74) is 2.17. The van der Waals surface area contributed by atoms with Gasteiger partial charge in [0.1, 0.15) is 12.4 Å². The van der Waals surface area contributed by atoms with Crippen LogP contribution in [0, 0.1) is 5.92 Å². The number of ether oxygens (including phenoxy) is 1. The Kier molecular flexibility index (Phi) is 4.92. The van der Waals surface area contributed by atoms with E-state index in [0.29, 0.717) is 25.1 Å². The molecule has 1 aromatic heterocycles. The summed E-state index contributed by atoms with van der Waals surface area (Å²) in [6.45, 7) is 5.53. The highest BCUT2D eigenvalue weighted by molar-refractivity contribution is 7.17. The van der Waals surface area contributed by atoms with Crippen molar-refractivity contribution in [1.82, 2.24) is 10.2 Å². The van der Waals surface area contributed by atoms with E-state index in [-0.39, 0.29) is 5.91 Å². The zero-order valence-electron chi connectivity index (χ0n) is 14.6. The third-order valence-corrected chi connectivity index (χ3v) is 5.66. The Hall–Kier alpha value is -1.85. The molecule has 24 heavy (non-hydrogen) atoms. The van der Waals surface area contributed by atoms with Crippen LogP contribution in [0.25, 0.3) is 10.4 Å². The fraction of sp³-hybridized carbons (Fsp3) is 0.421. The van der Waals surface area contributed by atoms with Crippen LogP contribution in [0.4, 0.5) is 0 Å². The zero-order valence-corrected chi connectivity index (χ0v) is 15.4. The van der Waals surface area contributed by atoms with Crippen molar-refractivity contribution in [2.24, 2.45) is 5.92 Å². The fourth-order valence-corrected chi connectivity index (χ4v) is 4.22. The number of para-hydroxylation sites is 1. The Morgan fingerprint density at radius 3 is 2.79 bits per heavy atom. The standard InChI is InChI=1S/C19H24N2O2S/c1-12(2)15(21(3)4)10-20-19(22)17-9-13-11-23-16-8-6-5-7-14(16)18(13)24-17/h5-9,12,15H,10-11H2,1-4H3,(H,20,22)/t15-/m1/s1. The van der Waals surface area contributed by atoms with Crippen LogP contribution >= 0.6 is 11.3 Å². The van der Waals surface area contributed by atoms with Gasteiger partial charge in [0.05, 0.1) is 4.88 Å². The van der Waals surface area contributed by atoms with Crippen LogP contribution < -0.4 is 10.1 Å². The van der Waals surface area contributed by atoms with Crippen LogP contribution in [0.3, 0.4) is 0 Å². The molecule has 1 aliphatic rings. The molecule has 2 aromatic rings. The van der Waals surface area contributed by atoms with Crippen LogP contribution in [0.2, 0.25) is 0 Å². The highest BCUT2D eigenvalue weighted by Crippen LogP contribution is 2.42. The van der Waals surface area contributed by atoms with Gasteiger partial charge >= 0.3 is 0 Å². The molecular formula is C19H24N2O2S. The number of carbonyl (C=O) groups is 1. The number of benzene rings is 1. The van der Waals surface area contributed by atoms with Gasteiger partial charge in [-0.25, -0.2) is 0 Å². The first kappa shape index (κ1) is 17.0. The molecule has 4 nitrogen and oxygen atoms in total. The second-order valence-electron chi connectivity index (χ2n) is 6.73. The van der Waals surface area contributed by atoms with Gasteiger partial charge in [-0.2, -0.15) is 0 Å². The number of thiophene rings is 1. The minimum Gasteiger partial charge on any atom is -0.488 e. The molecule has 3 rings (SSSR count). The maximum atomic E-state index is 12.6. The first-order valence-electron chi connectivity index (χ1n) is 8.27. The van der Waals surface area contributed by atoms with Gasteiger partial charge in [-0.3, -0.25) is 4.79 Å². The lowest BCUT2D eigenvalue weighted by Crippen LogP contribution is -2.43. The average molecular weight is 344 g/mol. The Morgan fingerprint density at radius 2 is 2.08 bits per heavy atom. The van der Waals surface area contributed by atoms with Crippen molar-refractivity contribution in [1.29, 1.82) is 0 Å². The number of hydrogen-bond acceptors (Lipinski definition) is 4. The van der Waals surface area contributed by atoms with Gasteiger partial charge < -0.3 is 15.0 Å². The molecule has 5 heteroatoms. The molecule has 0 bridgehead atoms. The average Bonchev–Trinajstić information content (AvgIpc) is 2.99. The second-order valence-corrected chi connectivity index (χ2v) is 7.79. The number of fused-ring (bicyclic) bond motifs is 3. The number of carbonyl (C=O) groups excluding carboxylic acids is 1. The van der Waals surface area contributed by atoms with Crippen molar-refractivity contribution < 1.29 is 9.53 Å². The number of hydrogen-bond donors (Lipinski definition) is 1. The van der Waals surface area contributed by atoms with E-state index in [9.17, 15) is 4.79 Å². The van der Waals surface area contributed by atoms with Crippen molar-refractivity contribution in [3.05, 3.63) is 40.8 Å². The smallest absolute Gasteiger partial charge is 0.261 e. The quantitative estimate of drug-likeness (QED) is 0.901. The monoisotopic (exact) mass is 344 g/mol. The predicted octanol–water partition coefficient (Wildman–Crippen LogP) is 3.62. The van der Waals surface area contributed by atoms with E-state index in [1.54, 1.807) is 11.3 Å². The maximum absolute atomic E-state index is 12.6. The minimum absolute atomic E-state index is 0.000573. The van der Waals surface area contributed by atoms with E-state index in [4.69, 9.17) is 4.74 Å². The lowest BCUT2D eigenvalue weighted by Gasteiger charge is -2.27. The molecule has 0 fully saturated rings. The zero-order chi connectivity index (χ0) is 17.3. The first-order valence-corrected chi connectivity index (χ1v) is 9.08. The van der Waals surface area contributed by atoms with Crippen molar-refractivity contribution in [3.63, 3.8) is 0 Å². The first-order chi connectivity index (χ1) is 11.5. The molecule has 0 spiro atoms. The van der Waals surface area contributed by atoms with E-state index in [0.717, 1.165) is 26.6 Å². The summed E-state index contributed by atoms with van der Waals surface area (Å²) in [4.78, 5) is 16.6. The van der Waals surface area contributed by atoms with Gasteiger partial charge in [0, 0.05) is 28.6 Å². The van der Waals surface area contributed by atoms with Gasteiger partial charge in [0.2, 0.25) is 0 Å². The van der Waals surface area contributed by atoms with Crippen molar-refractivity contribution >= 4 is 17.2 Å². The van der Waals surface area contributed by atoms with Crippen LogP contribution in [0.15, 0.2) is 30.3 Å². The van der Waals surface area contributed by atoms with Crippen LogP contribution in [0.5, 0.6) is 5.75 Å². The lowest BCUT2D eigenvalue weighted by atomic mass is 10.0. The predicted molar refractivity (Wildman–Crippen MR) is 98.7 cm³/mol. The number of amides is 1. The molecule has 1 amide bonds. The van der Waals surface area contributed by atoms with Crippen molar-refractivity contribution in [2.75, 3.05) is 20.6 Å². The maximum Gasteiger partial charge on any atom is 0.261 e. The lowest BCUT2D eigenvalue weighted by molar-refractivity contribution is 0.0938. The summed E-state index contributed by atoms with van der Waals surface area (Å²) < 4.78 is 5.77. The number of nitrogens with zero attached hydrogens (tertiary/aromatic N) is 1. The minimum atomic E-state index is -0.000573. The van der Waals surface area contributed by atoms with Crippen LogP contribution in [-0.2, 0) is 6.61 Å². The molecule has 128 valence electrons. The summed E-state index contributed by atoms with van der Waals surface area (Å²) in [5.74, 6) is 1.38. The summed E-state index contributed by atoms with van der Waals surface area (Å²) in [7, 11) is 4.10. The summed E-state index contributed by atoms with van der Waals surface area (Å²) in [5, 5.41) is 3.08. The SMILES string of the molecule is CC(C)[C@@H](CNC(=O)c1cc2c(s1)-c1ccccc1OC2)N(C)C. The van der Waals surface area contributed by atoms with Gasteiger partial charge in [-0.15, -0.1) is 11.3 Å². The number of rotatable bonds is 5. The van der Waals surface area contributed by atoms with Crippen LogP contribution in [0.1, 0.15) is 29.1 Å². The molecule has 0 aliphatic carbocycles. The Morgan fingerprint density at radius 1 is 1.33 bits per heavy atom. The van der Waals surface area contributed by atoms with Gasteiger partial charge in [-0.05, 0) is 38.2 Å². The molecule has 0 saturated carbocycles. The van der Waals surface area contributed by atoms with Gasteiger partial charge in [0.15, 0.2) is 0 Å². The molecule has 0 radical (unpaired) electrons. The van der Waals surface area contributed by atoms with E-state index in [2.05, 4.69) is 38.2 Å². The number of likely N-dealkylation sites (N-methyl/N-ethyl adjacent to an activating group) is 1. The van der Waals surface area contributed by atoms with E-state index >= 15 is 0 Å². The van der Waals surface area contributed by atoms with Crippen molar-refractivity contribution in [2.45, 2.75) is 26.5 Å². The molecule has 1 aliphatic heterocycles. The molecule has 0 unspecified atom stereocenters. The van der Waals surface area contributed by atoms with E-state index < -0.39 is 0 Å². The van der Waals surface area contributed by atoms with E-state index in [1.807, 2.05) is 30.3 Å². The fourth-order valence-electron chi connectivity index (χ4n) is 3.11. The summed E-state index contributed by atoms with van der Waals surface area (Å²) in [6.07, 6.45) is 0. The normalized spacial score (nSPS) is 14.1. The summed E-state index contributed by atoms with van der Waals surface area (Å²) in [6, 6.07) is 10.3. The number of nitrogens with one attached hydrogen (secondary N) is 1.